The van der Waals surface area contributed by atoms with E-state index < -0.39 is 5.60 Å². The lowest BCUT2D eigenvalue weighted by Gasteiger charge is -2.35. The molecule has 0 unspecified atom stereocenters. The van der Waals surface area contributed by atoms with Gasteiger partial charge in [0.05, 0.1) is 5.39 Å². The standard InChI is InChI=1S/C23H31N3O4S/c1-23(2,3)30-22(28)26(4)15-6-8-16(9-7-15)29-20-19-18-14(11-12-27)5-10-17(18)31-21(19)25-13-24-20/h12-16H,5-11H2,1-4H3/t14-,15-,16-/m1/s1. The second-order valence-corrected chi connectivity index (χ2v) is 10.7. The third-order valence-electron chi connectivity index (χ3n) is 6.23. The van der Waals surface area contributed by atoms with E-state index in [1.807, 2.05) is 27.8 Å². The lowest BCUT2D eigenvalue weighted by atomic mass is 9.92. The highest BCUT2D eigenvalue weighted by molar-refractivity contribution is 7.19. The fourth-order valence-electron chi connectivity index (χ4n) is 4.67. The average Bonchev–Trinajstić information content (AvgIpc) is 3.27. The summed E-state index contributed by atoms with van der Waals surface area (Å²) in [5.74, 6) is 0.886. The quantitative estimate of drug-likeness (QED) is 0.611. The van der Waals surface area contributed by atoms with Gasteiger partial charge in [-0.1, -0.05) is 0 Å². The van der Waals surface area contributed by atoms with Crippen LogP contribution in [0.15, 0.2) is 6.33 Å². The van der Waals surface area contributed by atoms with Crippen LogP contribution in [0.2, 0.25) is 0 Å². The molecule has 7 nitrogen and oxygen atoms in total. The van der Waals surface area contributed by atoms with Gasteiger partial charge in [-0.3, -0.25) is 0 Å². The molecule has 0 N–H and O–H groups in total. The van der Waals surface area contributed by atoms with Crippen LogP contribution in [-0.2, 0) is 16.0 Å². The van der Waals surface area contributed by atoms with Crippen molar-refractivity contribution in [3.8, 4) is 5.88 Å². The number of fused-ring (bicyclic) bond motifs is 3. The number of amides is 1. The molecule has 2 aliphatic carbocycles. The van der Waals surface area contributed by atoms with Crippen LogP contribution in [0.4, 0.5) is 4.79 Å². The van der Waals surface area contributed by atoms with Gasteiger partial charge in [0.15, 0.2) is 0 Å². The number of ether oxygens (including phenoxy) is 2. The minimum Gasteiger partial charge on any atom is -0.474 e. The Labute approximate surface area is 187 Å². The molecular weight excluding hydrogens is 414 g/mol. The number of hydrogen-bond donors (Lipinski definition) is 0. The maximum absolute atomic E-state index is 12.4. The van der Waals surface area contributed by atoms with Crippen LogP contribution in [0, 0.1) is 0 Å². The van der Waals surface area contributed by atoms with Crippen molar-refractivity contribution >= 4 is 33.9 Å². The molecule has 31 heavy (non-hydrogen) atoms. The van der Waals surface area contributed by atoms with Crippen molar-refractivity contribution in [3.05, 3.63) is 16.8 Å². The number of carbonyl (C=O) groups is 2. The van der Waals surface area contributed by atoms with Gasteiger partial charge in [0.1, 0.15) is 29.1 Å². The molecule has 2 heterocycles. The van der Waals surface area contributed by atoms with Crippen molar-refractivity contribution in [2.75, 3.05) is 7.05 Å². The predicted octanol–water partition coefficient (Wildman–Crippen LogP) is 4.87. The van der Waals surface area contributed by atoms with Crippen LogP contribution in [0.25, 0.3) is 10.2 Å². The van der Waals surface area contributed by atoms with Crippen LogP contribution in [0.1, 0.15) is 75.7 Å². The molecule has 168 valence electrons. The lowest BCUT2D eigenvalue weighted by Crippen LogP contribution is -2.43. The third kappa shape index (κ3) is 4.68. The van der Waals surface area contributed by atoms with Crippen molar-refractivity contribution in [1.29, 1.82) is 0 Å². The highest BCUT2D eigenvalue weighted by Gasteiger charge is 2.33. The maximum atomic E-state index is 12.4. The van der Waals surface area contributed by atoms with Crippen LogP contribution in [-0.4, -0.2) is 52.0 Å². The Balaban J connectivity index is 1.44. The average molecular weight is 446 g/mol. The largest absolute Gasteiger partial charge is 0.474 e. The Kier molecular flexibility index (Phi) is 6.19. The van der Waals surface area contributed by atoms with Crippen molar-refractivity contribution in [1.82, 2.24) is 14.9 Å². The van der Waals surface area contributed by atoms with Crippen molar-refractivity contribution in [3.63, 3.8) is 0 Å². The molecule has 1 amide bonds. The van der Waals surface area contributed by atoms with E-state index in [0.717, 1.165) is 55.0 Å². The topological polar surface area (TPSA) is 81.6 Å². The first-order valence-electron chi connectivity index (χ1n) is 11.1. The Hall–Kier alpha value is -2.22. The number of aryl methyl sites for hydroxylation is 1. The summed E-state index contributed by atoms with van der Waals surface area (Å²) in [6, 6.07) is 0.155. The Morgan fingerprint density at radius 1 is 1.23 bits per heavy atom. The van der Waals surface area contributed by atoms with E-state index >= 15 is 0 Å². The second-order valence-electron chi connectivity index (χ2n) is 9.58. The summed E-state index contributed by atoms with van der Waals surface area (Å²) in [5.41, 5.74) is 0.730. The van der Waals surface area contributed by atoms with Crippen LogP contribution >= 0.6 is 11.3 Å². The zero-order chi connectivity index (χ0) is 22.2. The molecule has 2 aromatic rings. The Morgan fingerprint density at radius 3 is 2.65 bits per heavy atom. The third-order valence-corrected chi connectivity index (χ3v) is 7.40. The first kappa shape index (κ1) is 22.0. The van der Waals surface area contributed by atoms with Gasteiger partial charge in [-0.15, -0.1) is 11.3 Å². The first-order valence-corrected chi connectivity index (χ1v) is 11.9. The number of hydrogen-bond acceptors (Lipinski definition) is 7. The van der Waals surface area contributed by atoms with E-state index in [1.54, 1.807) is 22.6 Å². The van der Waals surface area contributed by atoms with Gasteiger partial charge in [0.25, 0.3) is 0 Å². The minimum atomic E-state index is -0.494. The molecule has 0 spiro atoms. The fourth-order valence-corrected chi connectivity index (χ4v) is 5.90. The van der Waals surface area contributed by atoms with Crippen molar-refractivity contribution in [2.24, 2.45) is 0 Å². The number of nitrogens with zero attached hydrogens (tertiary/aromatic N) is 3. The zero-order valence-electron chi connectivity index (χ0n) is 18.7. The van der Waals surface area contributed by atoms with Gasteiger partial charge in [-0.05, 0) is 70.8 Å². The van der Waals surface area contributed by atoms with Gasteiger partial charge in [-0.2, -0.15) is 0 Å². The molecule has 0 aliphatic heterocycles. The number of aromatic nitrogens is 2. The summed E-state index contributed by atoms with van der Waals surface area (Å²) in [4.78, 5) is 36.4. The number of carbonyl (C=O) groups excluding carboxylic acids is 2. The van der Waals surface area contributed by atoms with Crippen LogP contribution in [0.3, 0.4) is 0 Å². The van der Waals surface area contributed by atoms with Gasteiger partial charge in [0.2, 0.25) is 5.88 Å². The van der Waals surface area contributed by atoms with E-state index in [-0.39, 0.29) is 24.2 Å². The molecule has 0 saturated heterocycles. The van der Waals surface area contributed by atoms with E-state index in [2.05, 4.69) is 9.97 Å². The van der Waals surface area contributed by atoms with Gasteiger partial charge in [-0.25, -0.2) is 14.8 Å². The molecule has 1 fully saturated rings. The molecule has 2 aliphatic rings. The van der Waals surface area contributed by atoms with Gasteiger partial charge >= 0.3 is 6.09 Å². The molecule has 1 saturated carbocycles. The van der Waals surface area contributed by atoms with E-state index in [9.17, 15) is 9.59 Å². The highest BCUT2D eigenvalue weighted by Crippen LogP contribution is 2.47. The molecule has 1 atom stereocenters. The molecule has 0 radical (unpaired) electrons. The maximum Gasteiger partial charge on any atom is 0.410 e. The molecule has 2 aromatic heterocycles. The van der Waals surface area contributed by atoms with Gasteiger partial charge < -0.3 is 19.2 Å². The smallest absolute Gasteiger partial charge is 0.410 e. The Bertz CT molecular complexity index is 960. The summed E-state index contributed by atoms with van der Waals surface area (Å²) in [6.45, 7) is 5.65. The number of thiophene rings is 1. The first-order chi connectivity index (χ1) is 14.8. The number of rotatable bonds is 5. The highest BCUT2D eigenvalue weighted by atomic mass is 32.1. The van der Waals surface area contributed by atoms with Crippen LogP contribution < -0.4 is 4.74 Å². The summed E-state index contributed by atoms with van der Waals surface area (Å²) in [7, 11) is 1.82. The van der Waals surface area contributed by atoms with E-state index in [1.165, 1.54) is 10.4 Å². The summed E-state index contributed by atoms with van der Waals surface area (Å²) in [6.07, 6.45) is 8.34. The van der Waals surface area contributed by atoms with E-state index in [0.29, 0.717) is 12.3 Å². The number of aldehydes is 1. The van der Waals surface area contributed by atoms with Gasteiger partial charge in [0, 0.05) is 24.4 Å². The van der Waals surface area contributed by atoms with Crippen LogP contribution in [0.5, 0.6) is 5.88 Å². The summed E-state index contributed by atoms with van der Waals surface area (Å²) in [5, 5.41) is 1.000. The van der Waals surface area contributed by atoms with Crippen molar-refractivity contribution in [2.45, 2.75) is 89.4 Å². The zero-order valence-corrected chi connectivity index (χ0v) is 19.5. The molecular formula is C23H31N3O4S. The SMILES string of the molecule is CN(C(=O)OC(C)(C)C)[C@H]1CC[C@H](Oc2ncnc3sc4c(c23)[C@@H](CC=O)CC4)CC1. The Morgan fingerprint density at radius 2 is 1.97 bits per heavy atom. The fraction of sp³-hybridized carbons (Fsp3) is 0.652. The minimum absolute atomic E-state index is 0.0582. The lowest BCUT2D eigenvalue weighted by molar-refractivity contribution is -0.108. The molecule has 4 rings (SSSR count). The molecule has 8 heteroatoms. The second kappa shape index (κ2) is 8.73. The van der Waals surface area contributed by atoms with Crippen molar-refractivity contribution < 1.29 is 19.1 Å². The monoisotopic (exact) mass is 445 g/mol. The molecule has 0 aromatic carbocycles. The predicted molar refractivity (Wildman–Crippen MR) is 120 cm³/mol. The normalized spacial score (nSPS) is 23.4. The van der Waals surface area contributed by atoms with E-state index in [4.69, 9.17) is 9.47 Å². The molecule has 0 bridgehead atoms. The summed E-state index contributed by atoms with van der Waals surface area (Å²) < 4.78 is 11.9. The summed E-state index contributed by atoms with van der Waals surface area (Å²) >= 11 is 1.70.